The molecule has 1 aromatic carbocycles. The van der Waals surface area contributed by atoms with Crippen LogP contribution >= 0.6 is 11.6 Å². The molecule has 1 aliphatic rings. The maximum absolute atomic E-state index is 13.5. The molecule has 3 aromatic rings. The number of nitrogens with zero attached hydrogens (tertiary/aromatic N) is 2. The van der Waals surface area contributed by atoms with E-state index >= 15 is 0 Å². The monoisotopic (exact) mass is 431 g/mol. The van der Waals surface area contributed by atoms with Gasteiger partial charge in [0.05, 0.1) is 10.5 Å². The minimum atomic E-state index is -0.557. The number of amides is 1. The first-order chi connectivity index (χ1) is 14.2. The summed E-state index contributed by atoms with van der Waals surface area (Å²) < 4.78 is 12.5. The van der Waals surface area contributed by atoms with E-state index in [0.29, 0.717) is 33.5 Å². The average Bonchev–Trinajstić information content (AvgIpc) is 3.02. The second-order valence-electron chi connectivity index (χ2n) is 8.94. The van der Waals surface area contributed by atoms with Crippen LogP contribution in [0.25, 0.3) is 21.8 Å². The molecule has 0 saturated heterocycles. The van der Waals surface area contributed by atoms with Crippen molar-refractivity contribution >= 4 is 39.5 Å². The number of halogens is 1. The summed E-state index contributed by atoms with van der Waals surface area (Å²) in [6.45, 7) is 7.24. The second kappa shape index (κ2) is 7.61. The van der Waals surface area contributed by atoms with E-state index in [1.165, 1.54) is 0 Å². The van der Waals surface area contributed by atoms with Gasteiger partial charge in [0.25, 0.3) is 5.56 Å². The fraction of sp³-hybridized carbons (Fsp3) is 0.500. The Hall–Kier alpha value is -2.54. The zero-order valence-corrected chi connectivity index (χ0v) is 18.4. The van der Waals surface area contributed by atoms with Crippen molar-refractivity contribution in [1.82, 2.24) is 15.0 Å². The smallest absolute Gasteiger partial charge is 0.407 e. The first-order valence-electron chi connectivity index (χ1n) is 10.2. The zero-order chi connectivity index (χ0) is 21.6. The first-order valence-corrected chi connectivity index (χ1v) is 10.6. The molecule has 0 aliphatic heterocycles. The van der Waals surface area contributed by atoms with Gasteiger partial charge in [0.2, 0.25) is 0 Å². The Bertz CT molecular complexity index is 1180. The van der Waals surface area contributed by atoms with E-state index in [0.717, 1.165) is 24.8 Å². The van der Waals surface area contributed by atoms with Crippen LogP contribution in [0, 0.1) is 6.92 Å². The van der Waals surface area contributed by atoms with E-state index in [2.05, 4.69) is 10.5 Å². The molecular weight excluding hydrogens is 406 g/mol. The highest BCUT2D eigenvalue weighted by atomic mass is 35.5. The van der Waals surface area contributed by atoms with Crippen molar-refractivity contribution in [3.05, 3.63) is 39.3 Å². The third kappa shape index (κ3) is 3.78. The molecule has 2 atom stereocenters. The van der Waals surface area contributed by atoms with E-state index in [1.807, 2.05) is 32.9 Å². The molecule has 7 nitrogen and oxygen atoms in total. The van der Waals surface area contributed by atoms with Crippen molar-refractivity contribution in [1.29, 1.82) is 0 Å². The molecule has 0 spiro atoms. The van der Waals surface area contributed by atoms with Gasteiger partial charge in [-0.3, -0.25) is 4.79 Å². The molecule has 1 amide bonds. The minimum Gasteiger partial charge on any atom is -0.444 e. The van der Waals surface area contributed by atoms with Gasteiger partial charge in [0, 0.05) is 17.5 Å². The number of ether oxygens (including phenoxy) is 1. The summed E-state index contributed by atoms with van der Waals surface area (Å²) in [7, 11) is 0. The zero-order valence-electron chi connectivity index (χ0n) is 17.6. The third-order valence-corrected chi connectivity index (χ3v) is 5.83. The lowest BCUT2D eigenvalue weighted by Gasteiger charge is -2.32. The normalized spacial score (nSPS) is 19.9. The number of carbonyl (C=O) groups is 1. The van der Waals surface area contributed by atoms with Crippen LogP contribution in [0.15, 0.2) is 27.5 Å². The van der Waals surface area contributed by atoms with E-state index in [4.69, 9.17) is 20.9 Å². The summed E-state index contributed by atoms with van der Waals surface area (Å²) >= 11 is 6.50. The molecular formula is C22H26ClN3O4. The van der Waals surface area contributed by atoms with Gasteiger partial charge < -0.3 is 19.1 Å². The predicted octanol–water partition coefficient (Wildman–Crippen LogP) is 5.11. The lowest BCUT2D eigenvalue weighted by molar-refractivity contribution is 0.0486. The average molecular weight is 432 g/mol. The van der Waals surface area contributed by atoms with Crippen molar-refractivity contribution in [2.45, 2.75) is 71.1 Å². The highest BCUT2D eigenvalue weighted by molar-refractivity contribution is 6.37. The second-order valence-corrected chi connectivity index (χ2v) is 9.34. The molecule has 1 saturated carbocycles. The molecule has 2 heterocycles. The number of hydrogen-bond acceptors (Lipinski definition) is 5. The number of pyridine rings is 1. The van der Waals surface area contributed by atoms with Crippen LogP contribution in [-0.2, 0) is 4.74 Å². The Morgan fingerprint density at radius 1 is 1.30 bits per heavy atom. The lowest BCUT2D eigenvalue weighted by atomic mass is 9.90. The van der Waals surface area contributed by atoms with E-state index in [9.17, 15) is 9.59 Å². The Morgan fingerprint density at radius 2 is 2.07 bits per heavy atom. The summed E-state index contributed by atoms with van der Waals surface area (Å²) in [5, 5.41) is 8.76. The Balaban J connectivity index is 1.74. The molecule has 160 valence electrons. The fourth-order valence-electron chi connectivity index (χ4n) is 4.34. The standard InChI is InChI=1S/C22H26ClN3O4/c1-12-17-19(25-30-12)18-15(23)9-6-10-16(18)26(20(17)27)14-8-5-7-13(11-14)24-21(28)29-22(2,3)4/h6,9-10,13-14H,5,7-8,11H2,1-4H3,(H,24,28)/t13-,14-/m1/s1. The van der Waals surface area contributed by atoms with Crippen LogP contribution in [-0.4, -0.2) is 27.5 Å². The van der Waals surface area contributed by atoms with Gasteiger partial charge in [-0.05, 0) is 65.5 Å². The van der Waals surface area contributed by atoms with Crippen molar-refractivity contribution in [2.24, 2.45) is 0 Å². The molecule has 30 heavy (non-hydrogen) atoms. The predicted molar refractivity (Wildman–Crippen MR) is 116 cm³/mol. The van der Waals surface area contributed by atoms with Crippen molar-refractivity contribution < 1.29 is 14.1 Å². The summed E-state index contributed by atoms with van der Waals surface area (Å²) in [6.07, 6.45) is 2.78. The number of carbonyl (C=O) groups excluding carboxylic acids is 1. The van der Waals surface area contributed by atoms with Crippen LogP contribution in [0.1, 0.15) is 58.3 Å². The van der Waals surface area contributed by atoms with E-state index in [-0.39, 0.29) is 17.6 Å². The van der Waals surface area contributed by atoms with Crippen LogP contribution < -0.4 is 10.9 Å². The minimum absolute atomic E-state index is 0.0704. The first kappa shape index (κ1) is 20.7. The Morgan fingerprint density at radius 3 is 2.80 bits per heavy atom. The largest absolute Gasteiger partial charge is 0.444 e. The van der Waals surface area contributed by atoms with Crippen LogP contribution in [0.4, 0.5) is 4.79 Å². The molecule has 0 radical (unpaired) electrons. The molecule has 0 bridgehead atoms. The molecule has 1 aliphatic carbocycles. The molecule has 1 fully saturated rings. The molecule has 1 N–H and O–H groups in total. The van der Waals surface area contributed by atoms with Crippen molar-refractivity contribution in [3.63, 3.8) is 0 Å². The van der Waals surface area contributed by atoms with Gasteiger partial charge in [0.15, 0.2) is 0 Å². The molecule has 8 heteroatoms. The van der Waals surface area contributed by atoms with Gasteiger partial charge in [0.1, 0.15) is 22.3 Å². The number of benzene rings is 1. The summed E-state index contributed by atoms with van der Waals surface area (Å²) in [5.41, 5.74) is 0.532. The molecule has 0 unspecified atom stereocenters. The highest BCUT2D eigenvalue weighted by Gasteiger charge is 2.29. The summed E-state index contributed by atoms with van der Waals surface area (Å²) in [6, 6.07) is 5.36. The van der Waals surface area contributed by atoms with Crippen LogP contribution in [0.5, 0.6) is 0 Å². The van der Waals surface area contributed by atoms with Gasteiger partial charge in [-0.15, -0.1) is 0 Å². The number of fused-ring (bicyclic) bond motifs is 3. The maximum Gasteiger partial charge on any atom is 0.407 e. The SMILES string of the molecule is Cc1onc2c1c(=O)n([C@@H]1CCC[C@@H](NC(=O)OC(C)(C)C)C1)c1cccc(Cl)c21. The maximum atomic E-state index is 13.5. The third-order valence-electron chi connectivity index (χ3n) is 5.52. The topological polar surface area (TPSA) is 86.4 Å². The number of alkyl carbamates (subject to hydrolysis) is 1. The van der Waals surface area contributed by atoms with E-state index in [1.54, 1.807) is 17.6 Å². The van der Waals surface area contributed by atoms with Crippen LogP contribution in [0.3, 0.4) is 0 Å². The number of nitrogens with one attached hydrogen (secondary N) is 1. The van der Waals surface area contributed by atoms with Gasteiger partial charge in [-0.2, -0.15) is 0 Å². The summed E-state index contributed by atoms with van der Waals surface area (Å²) in [5.74, 6) is 0.477. The van der Waals surface area contributed by atoms with Crippen LogP contribution in [0.2, 0.25) is 5.02 Å². The fourth-order valence-corrected chi connectivity index (χ4v) is 4.60. The lowest BCUT2D eigenvalue weighted by Crippen LogP contribution is -2.42. The van der Waals surface area contributed by atoms with E-state index < -0.39 is 11.7 Å². The van der Waals surface area contributed by atoms with Gasteiger partial charge in [-0.1, -0.05) is 22.8 Å². The molecule has 2 aromatic heterocycles. The summed E-state index contributed by atoms with van der Waals surface area (Å²) in [4.78, 5) is 25.7. The van der Waals surface area contributed by atoms with Gasteiger partial charge in [-0.25, -0.2) is 4.79 Å². The quantitative estimate of drug-likeness (QED) is 0.609. The number of hydrogen-bond donors (Lipinski definition) is 1. The van der Waals surface area contributed by atoms with Crippen molar-refractivity contribution in [2.75, 3.05) is 0 Å². The Labute approximate surface area is 179 Å². The molecule has 4 rings (SSSR count). The Kier molecular flexibility index (Phi) is 5.26. The number of rotatable bonds is 2. The van der Waals surface area contributed by atoms with Crippen molar-refractivity contribution in [3.8, 4) is 0 Å². The highest BCUT2D eigenvalue weighted by Crippen LogP contribution is 2.35. The number of aromatic nitrogens is 2. The number of aryl methyl sites for hydroxylation is 1. The van der Waals surface area contributed by atoms with Gasteiger partial charge >= 0.3 is 6.09 Å².